The summed E-state index contributed by atoms with van der Waals surface area (Å²) in [7, 11) is -3.62. The highest BCUT2D eigenvalue weighted by Gasteiger charge is 2.35. The molecule has 0 aromatic rings. The van der Waals surface area contributed by atoms with E-state index in [0.717, 1.165) is 18.4 Å². The Kier molecular flexibility index (Phi) is 16.9. The molecular formula is C25H47O6P. The highest BCUT2D eigenvalue weighted by Crippen LogP contribution is 2.54. The zero-order chi connectivity index (χ0) is 23.5. The summed E-state index contributed by atoms with van der Waals surface area (Å²) >= 11 is 0. The van der Waals surface area contributed by atoms with Crippen LogP contribution in [0.5, 0.6) is 0 Å². The van der Waals surface area contributed by atoms with Gasteiger partial charge in [-0.1, -0.05) is 97.3 Å². The smallest absolute Gasteiger partial charge is 0.467 e. The lowest BCUT2D eigenvalue weighted by molar-refractivity contribution is -0.129. The Morgan fingerprint density at radius 3 is 1.94 bits per heavy atom. The molecule has 2 atom stereocenters. The van der Waals surface area contributed by atoms with Crippen molar-refractivity contribution in [3.05, 3.63) is 11.3 Å². The molecule has 0 saturated carbocycles. The Balaban J connectivity index is 2.10. The monoisotopic (exact) mass is 474 g/mol. The van der Waals surface area contributed by atoms with E-state index in [-0.39, 0.29) is 19.1 Å². The van der Waals surface area contributed by atoms with E-state index < -0.39 is 7.82 Å². The van der Waals surface area contributed by atoms with Crippen LogP contribution in [0.3, 0.4) is 0 Å². The first-order valence-electron chi connectivity index (χ1n) is 12.9. The summed E-state index contributed by atoms with van der Waals surface area (Å²) in [4.78, 5) is 10.5. The molecule has 32 heavy (non-hydrogen) atoms. The number of phosphoric ester groups is 1. The standard InChI is InChI=1S/C25H47O6P/c1-4-6-7-8-9-10-11-12-13-14-15-16-17-18-19-29-32(27)30-21-24(20-28-22-26)23(3)25(5-2)31-32/h22,24H,4-21H2,1-3H3. The third-order valence-corrected chi connectivity index (χ3v) is 7.55. The predicted molar refractivity (Wildman–Crippen MR) is 129 cm³/mol. The Morgan fingerprint density at radius 1 is 0.906 bits per heavy atom. The molecule has 0 aromatic heterocycles. The minimum Gasteiger partial charge on any atom is -0.467 e. The fourth-order valence-electron chi connectivity index (χ4n) is 3.98. The second-order valence-corrected chi connectivity index (χ2v) is 10.4. The van der Waals surface area contributed by atoms with Crippen molar-refractivity contribution in [3.8, 4) is 0 Å². The van der Waals surface area contributed by atoms with Gasteiger partial charge in [-0.2, -0.15) is 0 Å². The van der Waals surface area contributed by atoms with Crippen molar-refractivity contribution in [2.75, 3.05) is 19.8 Å². The number of rotatable bonds is 20. The number of hydrogen-bond acceptors (Lipinski definition) is 6. The Morgan fingerprint density at radius 2 is 1.44 bits per heavy atom. The summed E-state index contributed by atoms with van der Waals surface area (Å²) in [6, 6.07) is 0. The molecule has 0 saturated heterocycles. The lowest BCUT2D eigenvalue weighted by Crippen LogP contribution is -2.16. The minimum absolute atomic E-state index is 0.152. The van der Waals surface area contributed by atoms with Gasteiger partial charge >= 0.3 is 7.82 Å². The van der Waals surface area contributed by atoms with Crippen LogP contribution in [0.2, 0.25) is 0 Å². The molecule has 2 unspecified atom stereocenters. The largest absolute Gasteiger partial charge is 0.529 e. The first-order valence-corrected chi connectivity index (χ1v) is 14.4. The van der Waals surface area contributed by atoms with Gasteiger partial charge in [-0.3, -0.25) is 13.8 Å². The Labute approximate surface area is 196 Å². The molecule has 0 fully saturated rings. The molecule has 0 N–H and O–H groups in total. The van der Waals surface area contributed by atoms with E-state index in [1.54, 1.807) is 0 Å². The Hall–Kier alpha value is -0.840. The van der Waals surface area contributed by atoms with Gasteiger partial charge < -0.3 is 9.26 Å². The van der Waals surface area contributed by atoms with Crippen molar-refractivity contribution in [3.63, 3.8) is 0 Å². The maximum absolute atomic E-state index is 12.9. The molecule has 0 aromatic carbocycles. The highest BCUT2D eigenvalue weighted by atomic mass is 31.2. The minimum atomic E-state index is -3.62. The zero-order valence-corrected chi connectivity index (χ0v) is 21.7. The van der Waals surface area contributed by atoms with E-state index in [1.165, 1.54) is 77.0 Å². The molecule has 0 spiro atoms. The van der Waals surface area contributed by atoms with Crippen LogP contribution in [0.25, 0.3) is 0 Å². The number of allylic oxidation sites excluding steroid dienone is 1. The topological polar surface area (TPSA) is 71.1 Å². The zero-order valence-electron chi connectivity index (χ0n) is 20.8. The van der Waals surface area contributed by atoms with Gasteiger partial charge in [-0.15, -0.1) is 0 Å². The fraction of sp³-hybridized carbons (Fsp3) is 0.880. The fourth-order valence-corrected chi connectivity index (χ4v) is 5.41. The number of phosphoric acid groups is 1. The third kappa shape index (κ3) is 13.0. The summed E-state index contributed by atoms with van der Waals surface area (Å²) in [6.07, 6.45) is 18.6. The average Bonchev–Trinajstić information content (AvgIpc) is 2.91. The molecule has 0 amide bonds. The quantitative estimate of drug-likeness (QED) is 0.101. The maximum Gasteiger partial charge on any atom is 0.529 e. The molecule has 1 heterocycles. The van der Waals surface area contributed by atoms with Gasteiger partial charge in [0.2, 0.25) is 0 Å². The van der Waals surface area contributed by atoms with Gasteiger partial charge in [0.05, 0.1) is 19.8 Å². The van der Waals surface area contributed by atoms with Crippen molar-refractivity contribution < 1.29 is 27.7 Å². The molecule has 1 aliphatic rings. The van der Waals surface area contributed by atoms with Gasteiger partial charge in [-0.05, 0) is 18.9 Å². The molecule has 1 rings (SSSR count). The van der Waals surface area contributed by atoms with Gasteiger partial charge in [-0.25, -0.2) is 4.57 Å². The van der Waals surface area contributed by atoms with Crippen LogP contribution in [0, 0.1) is 5.92 Å². The normalized spacial score (nSPS) is 21.3. The van der Waals surface area contributed by atoms with E-state index in [2.05, 4.69) is 6.92 Å². The first-order chi connectivity index (χ1) is 15.6. The van der Waals surface area contributed by atoms with Crippen LogP contribution in [-0.4, -0.2) is 26.3 Å². The lowest BCUT2D eigenvalue weighted by atomic mass is 10.0. The van der Waals surface area contributed by atoms with Gasteiger partial charge in [0.25, 0.3) is 6.47 Å². The van der Waals surface area contributed by atoms with E-state index in [1.807, 2.05) is 13.8 Å². The van der Waals surface area contributed by atoms with Crippen molar-refractivity contribution in [1.29, 1.82) is 0 Å². The first kappa shape index (κ1) is 29.2. The summed E-state index contributed by atoms with van der Waals surface area (Å²) in [5.74, 6) is 0.432. The van der Waals surface area contributed by atoms with E-state index >= 15 is 0 Å². The molecule has 6 nitrogen and oxygen atoms in total. The number of carbonyl (C=O) groups excluding carboxylic acids is 1. The van der Waals surface area contributed by atoms with Crippen molar-refractivity contribution in [2.45, 2.75) is 117 Å². The van der Waals surface area contributed by atoms with Gasteiger partial charge in [0.1, 0.15) is 5.76 Å². The predicted octanol–water partition coefficient (Wildman–Crippen LogP) is 8.11. The van der Waals surface area contributed by atoms with Gasteiger partial charge in [0.15, 0.2) is 0 Å². The molecule has 188 valence electrons. The second kappa shape index (κ2) is 18.6. The molecular weight excluding hydrogens is 427 g/mol. The summed E-state index contributed by atoms with van der Waals surface area (Å²) in [5.41, 5.74) is 0.896. The number of unbranched alkanes of at least 4 members (excludes halogenated alkanes) is 13. The van der Waals surface area contributed by atoms with Crippen LogP contribution in [0.1, 0.15) is 117 Å². The second-order valence-electron chi connectivity index (χ2n) is 8.85. The number of carbonyl (C=O) groups is 1. The summed E-state index contributed by atoms with van der Waals surface area (Å²) in [6.45, 7) is 7.20. The van der Waals surface area contributed by atoms with Crippen LogP contribution in [-0.2, 0) is 27.7 Å². The molecule has 0 radical (unpaired) electrons. The van der Waals surface area contributed by atoms with Crippen LogP contribution in [0.4, 0.5) is 0 Å². The maximum atomic E-state index is 12.9. The van der Waals surface area contributed by atoms with Crippen molar-refractivity contribution in [2.24, 2.45) is 5.92 Å². The lowest BCUT2D eigenvalue weighted by Gasteiger charge is -2.17. The molecule has 0 aliphatic carbocycles. The average molecular weight is 475 g/mol. The Bertz CT molecular complexity index is 563. The molecule has 0 bridgehead atoms. The molecule has 1 aliphatic heterocycles. The van der Waals surface area contributed by atoms with Crippen LogP contribution >= 0.6 is 7.82 Å². The van der Waals surface area contributed by atoms with Crippen molar-refractivity contribution >= 4 is 14.3 Å². The van der Waals surface area contributed by atoms with Crippen molar-refractivity contribution in [1.82, 2.24) is 0 Å². The van der Waals surface area contributed by atoms with E-state index in [4.69, 9.17) is 18.3 Å². The highest BCUT2D eigenvalue weighted by molar-refractivity contribution is 7.48. The third-order valence-electron chi connectivity index (χ3n) is 6.14. The van der Waals surface area contributed by atoms with Gasteiger partial charge in [0, 0.05) is 12.3 Å². The van der Waals surface area contributed by atoms with Crippen LogP contribution < -0.4 is 0 Å². The number of ether oxygens (including phenoxy) is 1. The summed E-state index contributed by atoms with van der Waals surface area (Å²) in [5, 5.41) is 0. The summed E-state index contributed by atoms with van der Waals surface area (Å²) < 4.78 is 34.5. The van der Waals surface area contributed by atoms with E-state index in [0.29, 0.717) is 25.3 Å². The van der Waals surface area contributed by atoms with E-state index in [9.17, 15) is 9.36 Å². The SMILES string of the molecule is CCCCCCCCCCCCCCCCOP1(=O)OCC(COC=O)C(C)=C(CC)O1. The van der Waals surface area contributed by atoms with Crippen LogP contribution in [0.15, 0.2) is 11.3 Å². The number of hydrogen-bond donors (Lipinski definition) is 0. The molecule has 7 heteroatoms.